The maximum absolute atomic E-state index is 5.97. The highest BCUT2D eigenvalue weighted by molar-refractivity contribution is 5.72. The number of nitrogens with two attached hydrogens (primary N) is 1. The van der Waals surface area contributed by atoms with Crippen molar-refractivity contribution in [3.05, 3.63) is 53.9 Å². The number of hydrogen-bond acceptors (Lipinski definition) is 2. The highest BCUT2D eigenvalue weighted by atomic mass is 15.0. The SMILES string of the molecule is Cc1c(N)cccc1-c1nc(C)c2ccccn12. The van der Waals surface area contributed by atoms with Crippen LogP contribution in [0.15, 0.2) is 42.6 Å². The molecule has 2 N–H and O–H groups in total. The van der Waals surface area contributed by atoms with Gasteiger partial charge in [-0.3, -0.25) is 4.40 Å². The number of benzene rings is 1. The molecule has 0 radical (unpaired) electrons. The van der Waals surface area contributed by atoms with Crippen molar-refractivity contribution in [2.75, 3.05) is 5.73 Å². The Morgan fingerprint density at radius 2 is 1.89 bits per heavy atom. The first-order valence-electron chi connectivity index (χ1n) is 5.97. The summed E-state index contributed by atoms with van der Waals surface area (Å²) < 4.78 is 2.11. The fourth-order valence-corrected chi connectivity index (χ4v) is 2.28. The first-order chi connectivity index (χ1) is 8.68. The first-order valence-corrected chi connectivity index (χ1v) is 5.97. The lowest BCUT2D eigenvalue weighted by molar-refractivity contribution is 1.15. The van der Waals surface area contributed by atoms with E-state index in [2.05, 4.69) is 21.5 Å². The quantitative estimate of drug-likeness (QED) is 0.660. The Labute approximate surface area is 106 Å². The number of nitrogen functional groups attached to an aromatic ring is 1. The predicted octanol–water partition coefficient (Wildman–Crippen LogP) is 3.20. The molecule has 2 heterocycles. The molecule has 0 fully saturated rings. The average Bonchev–Trinajstić information content (AvgIpc) is 2.71. The van der Waals surface area contributed by atoms with Crippen LogP contribution in [0.4, 0.5) is 5.69 Å². The summed E-state index contributed by atoms with van der Waals surface area (Å²) in [4.78, 5) is 4.67. The number of imidazole rings is 1. The summed E-state index contributed by atoms with van der Waals surface area (Å²) in [7, 11) is 0. The molecule has 2 aromatic heterocycles. The molecule has 0 bridgehead atoms. The molecule has 1 aromatic carbocycles. The zero-order valence-electron chi connectivity index (χ0n) is 10.5. The van der Waals surface area contributed by atoms with Crippen LogP contribution in [0.2, 0.25) is 0 Å². The number of anilines is 1. The smallest absolute Gasteiger partial charge is 0.145 e. The molecule has 0 saturated carbocycles. The lowest BCUT2D eigenvalue weighted by Gasteiger charge is -2.07. The highest BCUT2D eigenvalue weighted by Crippen LogP contribution is 2.27. The maximum Gasteiger partial charge on any atom is 0.145 e. The second-order valence-corrected chi connectivity index (χ2v) is 4.50. The van der Waals surface area contributed by atoms with Crippen molar-refractivity contribution in [1.82, 2.24) is 9.38 Å². The number of aryl methyl sites for hydroxylation is 1. The van der Waals surface area contributed by atoms with Gasteiger partial charge in [-0.15, -0.1) is 0 Å². The fourth-order valence-electron chi connectivity index (χ4n) is 2.28. The molecular weight excluding hydrogens is 222 g/mol. The number of fused-ring (bicyclic) bond motifs is 1. The van der Waals surface area contributed by atoms with Gasteiger partial charge in [0, 0.05) is 17.4 Å². The molecule has 0 unspecified atom stereocenters. The lowest BCUT2D eigenvalue weighted by Crippen LogP contribution is -1.95. The standard InChI is InChI=1S/C15H15N3/c1-10-12(6-5-7-13(10)16)15-17-11(2)14-8-3-4-9-18(14)15/h3-9H,16H2,1-2H3. The number of aromatic nitrogens is 2. The molecule has 18 heavy (non-hydrogen) atoms. The summed E-state index contributed by atoms with van der Waals surface area (Å²) in [5, 5.41) is 0. The van der Waals surface area contributed by atoms with Crippen molar-refractivity contribution in [3.63, 3.8) is 0 Å². The summed E-state index contributed by atoms with van der Waals surface area (Å²) in [5.74, 6) is 0.952. The van der Waals surface area contributed by atoms with Crippen molar-refractivity contribution < 1.29 is 0 Å². The van der Waals surface area contributed by atoms with Gasteiger partial charge in [-0.1, -0.05) is 18.2 Å². The van der Waals surface area contributed by atoms with Crippen LogP contribution in [0.3, 0.4) is 0 Å². The van der Waals surface area contributed by atoms with E-state index in [1.54, 1.807) is 0 Å². The molecule has 90 valence electrons. The Bertz CT molecular complexity index is 726. The first kappa shape index (κ1) is 10.8. The van der Waals surface area contributed by atoms with E-state index in [9.17, 15) is 0 Å². The predicted molar refractivity (Wildman–Crippen MR) is 74.5 cm³/mol. The summed E-state index contributed by atoms with van der Waals surface area (Å²) in [6.07, 6.45) is 2.04. The Morgan fingerprint density at radius 3 is 2.72 bits per heavy atom. The zero-order chi connectivity index (χ0) is 12.7. The second kappa shape index (κ2) is 3.88. The average molecular weight is 237 g/mol. The van der Waals surface area contributed by atoms with E-state index in [4.69, 9.17) is 5.73 Å². The molecule has 0 spiro atoms. The molecule has 0 atom stereocenters. The highest BCUT2D eigenvalue weighted by Gasteiger charge is 2.12. The third kappa shape index (κ3) is 1.48. The molecular formula is C15H15N3. The molecule has 0 saturated heterocycles. The molecule has 3 rings (SSSR count). The van der Waals surface area contributed by atoms with Gasteiger partial charge in [-0.25, -0.2) is 4.98 Å². The zero-order valence-corrected chi connectivity index (χ0v) is 10.5. The van der Waals surface area contributed by atoms with E-state index in [1.807, 2.05) is 44.3 Å². The molecule has 3 nitrogen and oxygen atoms in total. The van der Waals surface area contributed by atoms with Crippen molar-refractivity contribution in [3.8, 4) is 11.4 Å². The second-order valence-electron chi connectivity index (χ2n) is 4.50. The van der Waals surface area contributed by atoms with Crippen molar-refractivity contribution >= 4 is 11.2 Å². The molecule has 0 amide bonds. The van der Waals surface area contributed by atoms with Gasteiger partial charge >= 0.3 is 0 Å². The summed E-state index contributed by atoms with van der Waals surface area (Å²) >= 11 is 0. The molecule has 3 heteroatoms. The Balaban J connectivity index is 2.36. The number of pyridine rings is 1. The van der Waals surface area contributed by atoms with Gasteiger partial charge in [0.05, 0.1) is 11.2 Å². The van der Waals surface area contributed by atoms with E-state index < -0.39 is 0 Å². The number of rotatable bonds is 1. The van der Waals surface area contributed by atoms with Crippen LogP contribution in [0.5, 0.6) is 0 Å². The van der Waals surface area contributed by atoms with Gasteiger partial charge in [0.25, 0.3) is 0 Å². The van der Waals surface area contributed by atoms with Gasteiger partial charge < -0.3 is 5.73 Å². The third-order valence-corrected chi connectivity index (χ3v) is 3.35. The maximum atomic E-state index is 5.97. The van der Waals surface area contributed by atoms with Crippen LogP contribution in [0.25, 0.3) is 16.9 Å². The van der Waals surface area contributed by atoms with Crippen LogP contribution in [-0.2, 0) is 0 Å². The molecule has 3 aromatic rings. The molecule has 0 aliphatic rings. The van der Waals surface area contributed by atoms with Crippen molar-refractivity contribution in [1.29, 1.82) is 0 Å². The monoisotopic (exact) mass is 237 g/mol. The van der Waals surface area contributed by atoms with Crippen LogP contribution < -0.4 is 5.73 Å². The normalized spacial score (nSPS) is 11.0. The van der Waals surface area contributed by atoms with Crippen LogP contribution in [0, 0.1) is 13.8 Å². The van der Waals surface area contributed by atoms with E-state index in [0.717, 1.165) is 33.8 Å². The topological polar surface area (TPSA) is 43.3 Å². The minimum Gasteiger partial charge on any atom is -0.398 e. The van der Waals surface area contributed by atoms with Crippen molar-refractivity contribution in [2.24, 2.45) is 0 Å². The fraction of sp³-hybridized carbons (Fsp3) is 0.133. The number of nitrogens with zero attached hydrogens (tertiary/aromatic N) is 2. The van der Waals surface area contributed by atoms with Gasteiger partial charge in [0.1, 0.15) is 5.82 Å². The van der Waals surface area contributed by atoms with E-state index in [1.165, 1.54) is 0 Å². The van der Waals surface area contributed by atoms with E-state index >= 15 is 0 Å². The van der Waals surface area contributed by atoms with Gasteiger partial charge in [0.15, 0.2) is 0 Å². The minimum atomic E-state index is 0.804. The van der Waals surface area contributed by atoms with Crippen LogP contribution in [0.1, 0.15) is 11.3 Å². The van der Waals surface area contributed by atoms with Gasteiger partial charge in [0.2, 0.25) is 0 Å². The Kier molecular flexibility index (Phi) is 2.33. The molecule has 0 aliphatic heterocycles. The molecule has 0 aliphatic carbocycles. The van der Waals surface area contributed by atoms with Gasteiger partial charge in [-0.2, -0.15) is 0 Å². The summed E-state index contributed by atoms with van der Waals surface area (Å²) in [5.41, 5.74) is 11.1. The van der Waals surface area contributed by atoms with Gasteiger partial charge in [-0.05, 0) is 37.6 Å². The lowest BCUT2D eigenvalue weighted by atomic mass is 10.1. The summed E-state index contributed by atoms with van der Waals surface area (Å²) in [6, 6.07) is 12.1. The Morgan fingerprint density at radius 1 is 1.06 bits per heavy atom. The summed E-state index contributed by atoms with van der Waals surface area (Å²) in [6.45, 7) is 4.06. The number of hydrogen-bond donors (Lipinski definition) is 1. The van der Waals surface area contributed by atoms with Crippen LogP contribution in [-0.4, -0.2) is 9.38 Å². The van der Waals surface area contributed by atoms with Crippen molar-refractivity contribution in [2.45, 2.75) is 13.8 Å². The third-order valence-electron chi connectivity index (χ3n) is 3.35. The van der Waals surface area contributed by atoms with E-state index in [0.29, 0.717) is 0 Å². The Hall–Kier alpha value is -2.29. The largest absolute Gasteiger partial charge is 0.398 e. The van der Waals surface area contributed by atoms with Crippen LogP contribution >= 0.6 is 0 Å². The minimum absolute atomic E-state index is 0.804. The van der Waals surface area contributed by atoms with E-state index in [-0.39, 0.29) is 0 Å².